The molecule has 3 nitrogen and oxygen atoms in total. The van der Waals surface area contributed by atoms with Crippen LogP contribution in [0.1, 0.15) is 17.3 Å². The quantitative estimate of drug-likeness (QED) is 0.781. The number of rotatable bonds is 2. The highest BCUT2D eigenvalue weighted by molar-refractivity contribution is 5.87. The van der Waals surface area contributed by atoms with Crippen molar-refractivity contribution in [3.63, 3.8) is 0 Å². The first-order valence-corrected chi connectivity index (χ1v) is 6.72. The number of hydrogen-bond donors (Lipinski definition) is 0. The van der Waals surface area contributed by atoms with Gasteiger partial charge in [-0.1, -0.05) is 37.3 Å². The van der Waals surface area contributed by atoms with E-state index in [9.17, 15) is 4.79 Å². The fourth-order valence-corrected chi connectivity index (χ4v) is 2.28. The number of ether oxygens (including phenoxy) is 2. The van der Waals surface area contributed by atoms with E-state index in [0.717, 1.165) is 28.9 Å². The second-order valence-electron chi connectivity index (χ2n) is 5.09. The number of hydrogen-bond acceptors (Lipinski definition) is 3. The number of aldehydes is 1. The van der Waals surface area contributed by atoms with E-state index in [2.05, 4.69) is 6.92 Å². The molecule has 0 N–H and O–H groups in total. The summed E-state index contributed by atoms with van der Waals surface area (Å²) in [6.45, 7) is 3.40. The van der Waals surface area contributed by atoms with Crippen molar-refractivity contribution >= 4 is 6.29 Å². The summed E-state index contributed by atoms with van der Waals surface area (Å²) in [6.07, 6.45) is 0.875. The van der Waals surface area contributed by atoms with E-state index in [-0.39, 0.29) is 0 Å². The van der Waals surface area contributed by atoms with Crippen LogP contribution in [0.5, 0.6) is 11.5 Å². The van der Waals surface area contributed by atoms with Crippen LogP contribution in [-0.2, 0) is 0 Å². The first kappa shape index (κ1) is 12.7. The number of carbonyl (C=O) groups is 1. The molecule has 2 aromatic rings. The van der Waals surface area contributed by atoms with Crippen LogP contribution in [0.25, 0.3) is 11.1 Å². The Morgan fingerprint density at radius 3 is 2.60 bits per heavy atom. The maximum atomic E-state index is 11.1. The van der Waals surface area contributed by atoms with Crippen molar-refractivity contribution in [1.82, 2.24) is 0 Å². The number of benzene rings is 2. The predicted molar refractivity (Wildman–Crippen MR) is 77.4 cm³/mol. The molecule has 0 amide bonds. The fraction of sp³-hybridized carbons (Fsp3) is 0.235. The molecule has 1 atom stereocenters. The van der Waals surface area contributed by atoms with E-state index in [1.807, 2.05) is 42.5 Å². The molecule has 0 aromatic heterocycles. The normalized spacial score (nSPS) is 17.4. The van der Waals surface area contributed by atoms with Crippen molar-refractivity contribution in [1.29, 1.82) is 0 Å². The SMILES string of the molecule is CC1COc2ccc(-c3ccccc3C=O)cc2OC1. The molecule has 0 saturated carbocycles. The molecule has 1 aliphatic rings. The minimum atomic E-state index is 0.369. The number of carbonyl (C=O) groups excluding carboxylic acids is 1. The van der Waals surface area contributed by atoms with Gasteiger partial charge in [-0.25, -0.2) is 0 Å². The van der Waals surface area contributed by atoms with Crippen LogP contribution < -0.4 is 9.47 Å². The molecule has 3 heteroatoms. The molecule has 0 aliphatic carbocycles. The molecule has 102 valence electrons. The molecule has 1 aliphatic heterocycles. The zero-order valence-electron chi connectivity index (χ0n) is 11.3. The first-order chi connectivity index (χ1) is 9.78. The topological polar surface area (TPSA) is 35.5 Å². The van der Waals surface area contributed by atoms with Gasteiger partial charge in [0.05, 0.1) is 13.2 Å². The third kappa shape index (κ3) is 2.39. The Balaban J connectivity index is 2.02. The van der Waals surface area contributed by atoms with Crippen molar-refractivity contribution in [2.24, 2.45) is 5.92 Å². The summed E-state index contributed by atoms with van der Waals surface area (Å²) in [5.41, 5.74) is 2.55. The lowest BCUT2D eigenvalue weighted by Crippen LogP contribution is -2.12. The molecule has 0 spiro atoms. The van der Waals surface area contributed by atoms with Crippen molar-refractivity contribution < 1.29 is 14.3 Å². The summed E-state index contributed by atoms with van der Waals surface area (Å²) >= 11 is 0. The zero-order chi connectivity index (χ0) is 13.9. The average molecular weight is 268 g/mol. The van der Waals surface area contributed by atoms with Gasteiger partial charge in [-0.05, 0) is 23.3 Å². The van der Waals surface area contributed by atoms with Crippen LogP contribution in [0.3, 0.4) is 0 Å². The minimum Gasteiger partial charge on any atom is -0.489 e. The average Bonchev–Trinajstić information content (AvgIpc) is 2.69. The molecular weight excluding hydrogens is 252 g/mol. The van der Waals surface area contributed by atoms with Gasteiger partial charge < -0.3 is 9.47 Å². The highest BCUT2D eigenvalue weighted by Crippen LogP contribution is 2.35. The molecule has 2 aromatic carbocycles. The highest BCUT2D eigenvalue weighted by Gasteiger charge is 2.16. The highest BCUT2D eigenvalue weighted by atomic mass is 16.5. The molecular formula is C17H16O3. The monoisotopic (exact) mass is 268 g/mol. The van der Waals surface area contributed by atoms with Gasteiger partial charge in [0.25, 0.3) is 0 Å². The first-order valence-electron chi connectivity index (χ1n) is 6.72. The Morgan fingerprint density at radius 2 is 1.80 bits per heavy atom. The smallest absolute Gasteiger partial charge is 0.161 e. The number of fused-ring (bicyclic) bond motifs is 1. The summed E-state index contributed by atoms with van der Waals surface area (Å²) in [7, 11) is 0. The zero-order valence-corrected chi connectivity index (χ0v) is 11.3. The van der Waals surface area contributed by atoms with E-state index < -0.39 is 0 Å². The van der Waals surface area contributed by atoms with Crippen LogP contribution >= 0.6 is 0 Å². The second kappa shape index (κ2) is 5.37. The Morgan fingerprint density at radius 1 is 1.05 bits per heavy atom. The van der Waals surface area contributed by atoms with Gasteiger partial charge in [0, 0.05) is 11.5 Å². The predicted octanol–water partition coefficient (Wildman–Crippen LogP) is 3.57. The van der Waals surface area contributed by atoms with Gasteiger partial charge in [0.15, 0.2) is 17.8 Å². The van der Waals surface area contributed by atoms with Gasteiger partial charge in [-0.3, -0.25) is 4.79 Å². The second-order valence-corrected chi connectivity index (χ2v) is 5.09. The maximum absolute atomic E-state index is 11.1. The summed E-state index contributed by atoms with van der Waals surface area (Å²) in [6, 6.07) is 13.3. The van der Waals surface area contributed by atoms with Crippen molar-refractivity contribution in [2.45, 2.75) is 6.92 Å². The minimum absolute atomic E-state index is 0.369. The van der Waals surface area contributed by atoms with Crippen LogP contribution in [0, 0.1) is 5.92 Å². The third-order valence-electron chi connectivity index (χ3n) is 3.39. The van der Waals surface area contributed by atoms with E-state index >= 15 is 0 Å². The Bertz CT molecular complexity index is 634. The summed E-state index contributed by atoms with van der Waals surface area (Å²) < 4.78 is 11.5. The molecule has 20 heavy (non-hydrogen) atoms. The van der Waals surface area contributed by atoms with Crippen LogP contribution in [0.15, 0.2) is 42.5 Å². The molecule has 0 radical (unpaired) electrons. The van der Waals surface area contributed by atoms with Crippen LogP contribution in [0.4, 0.5) is 0 Å². The van der Waals surface area contributed by atoms with E-state index in [4.69, 9.17) is 9.47 Å². The Kier molecular flexibility index (Phi) is 3.42. The van der Waals surface area contributed by atoms with Gasteiger partial charge in [0.1, 0.15) is 0 Å². The van der Waals surface area contributed by atoms with E-state index in [0.29, 0.717) is 24.7 Å². The molecule has 0 bridgehead atoms. The summed E-state index contributed by atoms with van der Waals surface area (Å²) in [5.74, 6) is 1.88. The molecule has 1 heterocycles. The molecule has 0 fully saturated rings. The van der Waals surface area contributed by atoms with Crippen molar-refractivity contribution in [3.05, 3.63) is 48.0 Å². The van der Waals surface area contributed by atoms with Crippen LogP contribution in [0.2, 0.25) is 0 Å². The van der Waals surface area contributed by atoms with Crippen LogP contribution in [-0.4, -0.2) is 19.5 Å². The Hall–Kier alpha value is -2.29. The Labute approximate surface area is 118 Å². The largest absolute Gasteiger partial charge is 0.489 e. The molecule has 1 unspecified atom stereocenters. The standard InChI is InChI=1S/C17H16O3/c1-12-10-19-16-7-6-13(8-17(16)20-11-12)15-5-3-2-4-14(15)9-18/h2-9,12H,10-11H2,1H3. The summed E-state index contributed by atoms with van der Waals surface area (Å²) in [5, 5.41) is 0. The molecule has 3 rings (SSSR count). The van der Waals surface area contributed by atoms with E-state index in [1.54, 1.807) is 0 Å². The summed E-state index contributed by atoms with van der Waals surface area (Å²) in [4.78, 5) is 11.1. The van der Waals surface area contributed by atoms with Gasteiger partial charge >= 0.3 is 0 Å². The lowest BCUT2D eigenvalue weighted by molar-refractivity contribution is 0.112. The molecule has 0 saturated heterocycles. The van der Waals surface area contributed by atoms with Gasteiger partial charge in [-0.2, -0.15) is 0 Å². The van der Waals surface area contributed by atoms with Crippen molar-refractivity contribution in [2.75, 3.05) is 13.2 Å². The van der Waals surface area contributed by atoms with Crippen molar-refractivity contribution in [3.8, 4) is 22.6 Å². The van der Waals surface area contributed by atoms with E-state index in [1.165, 1.54) is 0 Å². The lowest BCUT2D eigenvalue weighted by Gasteiger charge is -2.10. The third-order valence-corrected chi connectivity index (χ3v) is 3.39. The van der Waals surface area contributed by atoms with Gasteiger partial charge in [-0.15, -0.1) is 0 Å². The maximum Gasteiger partial charge on any atom is 0.161 e. The van der Waals surface area contributed by atoms with Gasteiger partial charge in [0.2, 0.25) is 0 Å². The lowest BCUT2D eigenvalue weighted by atomic mass is 10.00. The fourth-order valence-electron chi connectivity index (χ4n) is 2.28.